The zero-order chi connectivity index (χ0) is 10.3. The number of aliphatic hydroxyl groups is 1. The van der Waals surface area contributed by atoms with Gasteiger partial charge in [-0.25, -0.2) is 4.98 Å². The summed E-state index contributed by atoms with van der Waals surface area (Å²) in [6.45, 7) is 8.44. The van der Waals surface area contributed by atoms with Crippen LogP contribution < -0.4 is 0 Å². The van der Waals surface area contributed by atoms with Gasteiger partial charge in [0.25, 0.3) is 0 Å². The molecule has 78 valence electrons. The van der Waals surface area contributed by atoms with Crippen molar-refractivity contribution in [1.82, 2.24) is 9.88 Å². The molecule has 1 fully saturated rings. The van der Waals surface area contributed by atoms with Crippen molar-refractivity contribution in [3.05, 3.63) is 15.6 Å². The van der Waals surface area contributed by atoms with Crippen LogP contribution >= 0.6 is 11.3 Å². The number of aryl methyl sites for hydroxylation is 2. The fraction of sp³-hybridized carbons (Fsp3) is 0.700. The summed E-state index contributed by atoms with van der Waals surface area (Å²) in [5, 5.41) is 10.7. The maximum atomic E-state index is 9.56. The molecule has 2 heterocycles. The summed E-state index contributed by atoms with van der Waals surface area (Å²) >= 11 is 1.76. The number of aromatic nitrogens is 1. The Morgan fingerprint density at radius 1 is 1.50 bits per heavy atom. The third-order valence-electron chi connectivity index (χ3n) is 2.56. The van der Waals surface area contributed by atoms with Crippen LogP contribution in [0.25, 0.3) is 0 Å². The molecule has 1 aliphatic rings. The van der Waals surface area contributed by atoms with Crippen LogP contribution in [0.5, 0.6) is 0 Å². The van der Waals surface area contributed by atoms with E-state index in [1.807, 2.05) is 13.8 Å². The smallest absolute Gasteiger partial charge is 0.107 e. The van der Waals surface area contributed by atoms with Crippen molar-refractivity contribution in [2.75, 3.05) is 13.1 Å². The van der Waals surface area contributed by atoms with E-state index in [0.717, 1.165) is 30.3 Å². The third-order valence-corrected chi connectivity index (χ3v) is 3.62. The Morgan fingerprint density at radius 3 is 2.57 bits per heavy atom. The molecule has 0 atom stereocenters. The van der Waals surface area contributed by atoms with Crippen LogP contribution in [0.15, 0.2) is 0 Å². The molecular formula is C10H16N2OS. The van der Waals surface area contributed by atoms with Crippen molar-refractivity contribution in [2.24, 2.45) is 0 Å². The Hall–Kier alpha value is -0.450. The first-order chi connectivity index (χ1) is 6.46. The van der Waals surface area contributed by atoms with Gasteiger partial charge in [-0.2, -0.15) is 0 Å². The highest BCUT2D eigenvalue weighted by Crippen LogP contribution is 2.24. The Morgan fingerprint density at radius 2 is 2.14 bits per heavy atom. The van der Waals surface area contributed by atoms with Gasteiger partial charge in [0.2, 0.25) is 0 Å². The lowest BCUT2D eigenvalue weighted by Crippen LogP contribution is -2.59. The summed E-state index contributed by atoms with van der Waals surface area (Å²) in [5.74, 6) is 0. The molecule has 1 aromatic heterocycles. The average molecular weight is 212 g/mol. The minimum atomic E-state index is -0.471. The zero-order valence-electron chi connectivity index (χ0n) is 8.87. The van der Waals surface area contributed by atoms with Crippen LogP contribution in [0, 0.1) is 13.8 Å². The number of hydrogen-bond acceptors (Lipinski definition) is 4. The zero-order valence-corrected chi connectivity index (χ0v) is 9.69. The fourth-order valence-electron chi connectivity index (χ4n) is 1.83. The van der Waals surface area contributed by atoms with E-state index in [9.17, 15) is 5.11 Å². The van der Waals surface area contributed by atoms with Gasteiger partial charge in [0.1, 0.15) is 5.01 Å². The van der Waals surface area contributed by atoms with Gasteiger partial charge in [0, 0.05) is 18.0 Å². The third kappa shape index (κ3) is 1.97. The number of nitrogens with zero attached hydrogens (tertiary/aromatic N) is 2. The first kappa shape index (κ1) is 10.1. The molecule has 1 aromatic rings. The van der Waals surface area contributed by atoms with Gasteiger partial charge in [-0.05, 0) is 20.8 Å². The molecule has 0 aromatic carbocycles. The highest BCUT2D eigenvalue weighted by Gasteiger charge is 2.36. The number of hydrogen-bond donors (Lipinski definition) is 1. The van der Waals surface area contributed by atoms with Crippen LogP contribution in [-0.2, 0) is 6.54 Å². The van der Waals surface area contributed by atoms with E-state index >= 15 is 0 Å². The minimum Gasteiger partial charge on any atom is -0.388 e. The van der Waals surface area contributed by atoms with E-state index in [-0.39, 0.29) is 0 Å². The van der Waals surface area contributed by atoms with Gasteiger partial charge in [0.15, 0.2) is 0 Å². The van der Waals surface area contributed by atoms with Crippen LogP contribution in [-0.4, -0.2) is 33.7 Å². The second kappa shape index (κ2) is 3.29. The van der Waals surface area contributed by atoms with E-state index in [4.69, 9.17) is 0 Å². The molecule has 14 heavy (non-hydrogen) atoms. The largest absolute Gasteiger partial charge is 0.388 e. The summed E-state index contributed by atoms with van der Waals surface area (Å²) < 4.78 is 0. The lowest BCUT2D eigenvalue weighted by atomic mass is 9.97. The standard InChI is InChI=1S/C10H16N2OS/c1-7-8(2)14-9(11-7)4-12-5-10(3,13)6-12/h13H,4-6H2,1-3H3. The Bertz CT molecular complexity index is 318. The summed E-state index contributed by atoms with van der Waals surface area (Å²) in [7, 11) is 0. The van der Waals surface area contributed by atoms with Crippen molar-refractivity contribution in [2.45, 2.75) is 32.9 Å². The quantitative estimate of drug-likeness (QED) is 0.803. The minimum absolute atomic E-state index is 0.471. The summed E-state index contributed by atoms with van der Waals surface area (Å²) in [5.41, 5.74) is 0.665. The molecule has 0 radical (unpaired) electrons. The number of thiazole rings is 1. The number of β-amino-alcohol motifs (C(OH)–C–C–N with tert-alkyl or cyclic N) is 1. The second-order valence-electron chi connectivity index (χ2n) is 4.39. The molecule has 0 aliphatic carbocycles. The van der Waals surface area contributed by atoms with Crippen molar-refractivity contribution >= 4 is 11.3 Å². The lowest BCUT2D eigenvalue weighted by molar-refractivity contribution is -0.0871. The summed E-state index contributed by atoms with van der Waals surface area (Å²) in [4.78, 5) is 7.99. The number of likely N-dealkylation sites (tertiary alicyclic amines) is 1. The van der Waals surface area contributed by atoms with Crippen molar-refractivity contribution < 1.29 is 5.11 Å². The van der Waals surface area contributed by atoms with Gasteiger partial charge < -0.3 is 5.11 Å². The summed E-state index contributed by atoms with van der Waals surface area (Å²) in [6.07, 6.45) is 0. The van der Waals surface area contributed by atoms with Crippen molar-refractivity contribution in [3.8, 4) is 0 Å². The predicted molar refractivity (Wildman–Crippen MR) is 57.5 cm³/mol. The van der Waals surface area contributed by atoms with Gasteiger partial charge >= 0.3 is 0 Å². The fourth-order valence-corrected chi connectivity index (χ4v) is 2.80. The van der Waals surface area contributed by atoms with Crippen molar-refractivity contribution in [3.63, 3.8) is 0 Å². The maximum absolute atomic E-state index is 9.56. The molecule has 1 aliphatic heterocycles. The Labute approximate surface area is 88.4 Å². The summed E-state index contributed by atoms with van der Waals surface area (Å²) in [6, 6.07) is 0. The molecule has 0 saturated carbocycles. The highest BCUT2D eigenvalue weighted by molar-refractivity contribution is 7.11. The van der Waals surface area contributed by atoms with Crippen molar-refractivity contribution in [1.29, 1.82) is 0 Å². The van der Waals surface area contributed by atoms with Gasteiger partial charge in [-0.3, -0.25) is 4.90 Å². The number of rotatable bonds is 2. The monoisotopic (exact) mass is 212 g/mol. The molecule has 0 bridgehead atoms. The topological polar surface area (TPSA) is 36.4 Å². The molecule has 3 nitrogen and oxygen atoms in total. The maximum Gasteiger partial charge on any atom is 0.107 e. The Balaban J connectivity index is 1.93. The van der Waals surface area contributed by atoms with Crippen LogP contribution in [0.3, 0.4) is 0 Å². The van der Waals surface area contributed by atoms with E-state index < -0.39 is 5.60 Å². The predicted octanol–water partition coefficient (Wildman–Crippen LogP) is 1.33. The Kier molecular flexibility index (Phi) is 2.37. The van der Waals surface area contributed by atoms with Crippen LogP contribution in [0.2, 0.25) is 0 Å². The van der Waals surface area contributed by atoms with Gasteiger partial charge in [0.05, 0.1) is 17.8 Å². The second-order valence-corrected chi connectivity index (χ2v) is 5.68. The lowest BCUT2D eigenvalue weighted by Gasteiger charge is -2.43. The molecule has 4 heteroatoms. The van der Waals surface area contributed by atoms with Gasteiger partial charge in [-0.15, -0.1) is 11.3 Å². The SMILES string of the molecule is Cc1nc(CN2CC(C)(O)C2)sc1C. The first-order valence-electron chi connectivity index (χ1n) is 4.84. The molecular weight excluding hydrogens is 196 g/mol. The van der Waals surface area contributed by atoms with E-state index in [1.165, 1.54) is 4.88 Å². The van der Waals surface area contributed by atoms with E-state index in [0.29, 0.717) is 0 Å². The highest BCUT2D eigenvalue weighted by atomic mass is 32.1. The van der Waals surface area contributed by atoms with E-state index in [2.05, 4.69) is 16.8 Å². The van der Waals surface area contributed by atoms with Crippen LogP contribution in [0.4, 0.5) is 0 Å². The first-order valence-corrected chi connectivity index (χ1v) is 5.65. The molecule has 1 N–H and O–H groups in total. The average Bonchev–Trinajstić information content (AvgIpc) is 2.27. The normalized spacial score (nSPS) is 20.9. The van der Waals surface area contributed by atoms with E-state index in [1.54, 1.807) is 11.3 Å². The molecule has 1 saturated heterocycles. The molecule has 0 amide bonds. The molecule has 0 unspecified atom stereocenters. The molecule has 0 spiro atoms. The molecule has 2 rings (SSSR count). The van der Waals surface area contributed by atoms with Crippen LogP contribution in [0.1, 0.15) is 22.5 Å². The van der Waals surface area contributed by atoms with Gasteiger partial charge in [-0.1, -0.05) is 0 Å².